The number of esters is 4. The minimum absolute atomic E-state index is 0.106. The molecule has 0 aliphatic carbocycles. The van der Waals surface area contributed by atoms with Gasteiger partial charge >= 0.3 is 39.5 Å². The van der Waals surface area contributed by atoms with Crippen LogP contribution in [0.25, 0.3) is 0 Å². The van der Waals surface area contributed by atoms with Gasteiger partial charge in [-0.05, 0) is 37.5 Å². The van der Waals surface area contributed by atoms with E-state index in [1.807, 2.05) is 0 Å². The summed E-state index contributed by atoms with van der Waals surface area (Å²) >= 11 is 0. The summed E-state index contributed by atoms with van der Waals surface area (Å²) in [6.45, 7) is 9.51. The van der Waals surface area contributed by atoms with Crippen LogP contribution in [0, 0.1) is 11.8 Å². The van der Waals surface area contributed by atoms with Crippen LogP contribution in [0.2, 0.25) is 0 Å². The van der Waals surface area contributed by atoms with E-state index in [1.54, 1.807) is 0 Å². The van der Waals surface area contributed by atoms with E-state index in [0.717, 1.165) is 108 Å². The summed E-state index contributed by atoms with van der Waals surface area (Å²) in [6, 6.07) is 0. The van der Waals surface area contributed by atoms with Gasteiger partial charge < -0.3 is 33.8 Å². The van der Waals surface area contributed by atoms with Crippen molar-refractivity contribution < 1.29 is 80.2 Å². The number of aliphatic hydroxyl groups is 1. The molecule has 2 unspecified atom stereocenters. The Kier molecular flexibility index (Phi) is 61.8. The maximum Gasteiger partial charge on any atom is 0.472 e. The van der Waals surface area contributed by atoms with Crippen LogP contribution < -0.4 is 0 Å². The average molecular weight is 1330 g/mol. The first-order valence-corrected chi connectivity index (χ1v) is 40.0. The number of phosphoric ester groups is 2. The molecule has 17 nitrogen and oxygen atoms in total. The molecule has 0 spiro atoms. The van der Waals surface area contributed by atoms with Crippen LogP contribution in [0.1, 0.15) is 363 Å². The van der Waals surface area contributed by atoms with E-state index in [2.05, 4.69) is 41.5 Å². The standard InChI is InChI=1S/C71H138O17P2/c1-7-9-11-13-14-15-24-32-37-43-49-55-70(75)87-66(59-81-68(73)53-47-39-12-10-8-2)61-85-89(77,78)83-57-65(72)58-84-90(79,80)86-62-67(60-82-69(74)54-48-42-36-31-27-23-19-21-26-30-35-41-46-52-64(5)6)88-71(76)56-50-44-38-33-28-22-18-16-17-20-25-29-34-40-45-51-63(3)4/h63-67,72H,7-62H2,1-6H3,(H,77,78)(H,79,80)/t65-,66+,67+/m0/s1. The van der Waals surface area contributed by atoms with Gasteiger partial charge in [-0.2, -0.15) is 0 Å². The van der Waals surface area contributed by atoms with Crippen LogP contribution in [0.5, 0.6) is 0 Å². The van der Waals surface area contributed by atoms with Crippen LogP contribution in [0.4, 0.5) is 0 Å². The number of carbonyl (C=O) groups is 4. The lowest BCUT2D eigenvalue weighted by atomic mass is 10.0. The van der Waals surface area contributed by atoms with Crippen molar-refractivity contribution in [2.75, 3.05) is 39.6 Å². The number of unbranched alkanes of at least 4 members (excludes halogenated alkanes) is 40. The summed E-state index contributed by atoms with van der Waals surface area (Å²) in [4.78, 5) is 72.3. The Labute approximate surface area is 549 Å². The maximum absolute atomic E-state index is 13.0. The molecule has 0 aromatic heterocycles. The fourth-order valence-electron chi connectivity index (χ4n) is 10.8. The zero-order valence-electron chi connectivity index (χ0n) is 58.4. The highest BCUT2D eigenvalue weighted by Gasteiger charge is 2.30. The van der Waals surface area contributed by atoms with Crippen molar-refractivity contribution in [2.24, 2.45) is 11.8 Å². The van der Waals surface area contributed by atoms with Gasteiger partial charge in [-0.3, -0.25) is 37.3 Å². The molecule has 0 aromatic rings. The smallest absolute Gasteiger partial charge is 0.462 e. The topological polar surface area (TPSA) is 237 Å². The lowest BCUT2D eigenvalue weighted by Gasteiger charge is -2.21. The Morgan fingerprint density at radius 2 is 0.511 bits per heavy atom. The highest BCUT2D eigenvalue weighted by molar-refractivity contribution is 7.47. The van der Waals surface area contributed by atoms with E-state index in [9.17, 15) is 43.2 Å². The Bertz CT molecular complexity index is 1750. The Hall–Kier alpha value is -1.94. The molecule has 0 aromatic carbocycles. The van der Waals surface area contributed by atoms with E-state index in [4.69, 9.17) is 37.0 Å². The predicted octanol–water partition coefficient (Wildman–Crippen LogP) is 20.4. The zero-order chi connectivity index (χ0) is 66.5. The first-order valence-electron chi connectivity index (χ1n) is 37.0. The van der Waals surface area contributed by atoms with Crippen molar-refractivity contribution in [1.82, 2.24) is 0 Å². The number of hydrogen-bond acceptors (Lipinski definition) is 15. The molecule has 0 rings (SSSR count). The molecule has 5 atom stereocenters. The molecular weight excluding hydrogens is 1190 g/mol. The van der Waals surface area contributed by atoms with Crippen LogP contribution in [-0.4, -0.2) is 96.7 Å². The van der Waals surface area contributed by atoms with Gasteiger partial charge in [0.1, 0.15) is 19.3 Å². The third-order valence-electron chi connectivity index (χ3n) is 16.5. The van der Waals surface area contributed by atoms with Crippen molar-refractivity contribution in [2.45, 2.75) is 381 Å². The summed E-state index contributed by atoms with van der Waals surface area (Å²) in [5, 5.41) is 10.6. The molecule has 0 aliphatic rings. The Morgan fingerprint density at radius 3 is 0.756 bits per heavy atom. The predicted molar refractivity (Wildman–Crippen MR) is 363 cm³/mol. The quantitative estimate of drug-likeness (QED) is 0.0222. The lowest BCUT2D eigenvalue weighted by molar-refractivity contribution is -0.161. The fraction of sp³-hybridized carbons (Fsp3) is 0.944. The van der Waals surface area contributed by atoms with Crippen molar-refractivity contribution in [1.29, 1.82) is 0 Å². The number of hydrogen-bond donors (Lipinski definition) is 3. The molecule has 534 valence electrons. The third kappa shape index (κ3) is 64.8. The van der Waals surface area contributed by atoms with E-state index in [0.29, 0.717) is 25.7 Å². The molecule has 0 heterocycles. The molecule has 0 bridgehead atoms. The summed E-state index contributed by atoms with van der Waals surface area (Å²) < 4.78 is 68.1. The lowest BCUT2D eigenvalue weighted by Crippen LogP contribution is -2.30. The van der Waals surface area contributed by atoms with E-state index in [-0.39, 0.29) is 25.7 Å². The molecule has 3 N–H and O–H groups in total. The van der Waals surface area contributed by atoms with Gasteiger partial charge in [-0.25, -0.2) is 9.13 Å². The largest absolute Gasteiger partial charge is 0.472 e. The Morgan fingerprint density at radius 1 is 0.300 bits per heavy atom. The van der Waals surface area contributed by atoms with E-state index in [1.165, 1.54) is 173 Å². The number of carbonyl (C=O) groups excluding carboxylic acids is 4. The molecule has 0 saturated heterocycles. The first-order chi connectivity index (χ1) is 43.4. The van der Waals surface area contributed by atoms with Gasteiger partial charge in [-0.15, -0.1) is 0 Å². The molecule has 0 amide bonds. The average Bonchev–Trinajstić information content (AvgIpc) is 3.50. The fourth-order valence-corrected chi connectivity index (χ4v) is 12.3. The van der Waals surface area contributed by atoms with Crippen molar-refractivity contribution in [3.8, 4) is 0 Å². The minimum atomic E-state index is -4.95. The second-order valence-electron chi connectivity index (χ2n) is 26.6. The van der Waals surface area contributed by atoms with Gasteiger partial charge in [0.15, 0.2) is 12.2 Å². The highest BCUT2D eigenvalue weighted by Crippen LogP contribution is 2.45. The van der Waals surface area contributed by atoms with Crippen molar-refractivity contribution >= 4 is 39.5 Å². The molecule has 19 heteroatoms. The summed E-state index contributed by atoms with van der Waals surface area (Å²) in [5.41, 5.74) is 0. The van der Waals surface area contributed by atoms with Gasteiger partial charge in [-0.1, -0.05) is 311 Å². The molecule has 0 radical (unpaired) electrons. The second-order valence-corrected chi connectivity index (χ2v) is 29.5. The maximum atomic E-state index is 13.0. The monoisotopic (exact) mass is 1320 g/mol. The molecule has 90 heavy (non-hydrogen) atoms. The SMILES string of the molecule is CCCCCCCCCCCCCC(=O)O[C@H](COC(=O)CCCCCCC)COP(=O)(O)OC[C@H](O)COP(=O)(O)OC[C@@H](COC(=O)CCCCCCCCCCCCCCCC(C)C)OC(=O)CCCCCCCCCCCCCCCCCC(C)C. The molecule has 0 fully saturated rings. The zero-order valence-corrected chi connectivity index (χ0v) is 60.2. The minimum Gasteiger partial charge on any atom is -0.462 e. The summed E-state index contributed by atoms with van der Waals surface area (Å²) in [6.07, 6.45) is 48.9. The summed E-state index contributed by atoms with van der Waals surface area (Å²) in [7, 11) is -9.89. The number of aliphatic hydroxyl groups excluding tert-OH is 1. The van der Waals surface area contributed by atoms with Gasteiger partial charge in [0.05, 0.1) is 26.4 Å². The normalized spacial score (nSPS) is 14.1. The highest BCUT2D eigenvalue weighted by atomic mass is 31.2. The van der Waals surface area contributed by atoms with E-state index < -0.39 is 97.5 Å². The molecule has 0 aliphatic heterocycles. The molecular formula is C71H138O17P2. The second kappa shape index (κ2) is 63.1. The molecule has 0 saturated carbocycles. The van der Waals surface area contributed by atoms with Crippen LogP contribution in [0.3, 0.4) is 0 Å². The number of ether oxygens (including phenoxy) is 4. The van der Waals surface area contributed by atoms with Crippen molar-refractivity contribution in [3.63, 3.8) is 0 Å². The van der Waals surface area contributed by atoms with Gasteiger partial charge in [0.2, 0.25) is 0 Å². The van der Waals surface area contributed by atoms with E-state index >= 15 is 0 Å². The Balaban J connectivity index is 5.15. The van der Waals surface area contributed by atoms with Gasteiger partial charge in [0.25, 0.3) is 0 Å². The van der Waals surface area contributed by atoms with Crippen LogP contribution in [-0.2, 0) is 65.4 Å². The first kappa shape index (κ1) is 88.1. The van der Waals surface area contributed by atoms with Gasteiger partial charge in [0, 0.05) is 25.7 Å². The summed E-state index contributed by atoms with van der Waals surface area (Å²) in [5.74, 6) is -0.539. The number of phosphoric acid groups is 2. The van der Waals surface area contributed by atoms with Crippen molar-refractivity contribution in [3.05, 3.63) is 0 Å². The van der Waals surface area contributed by atoms with Crippen LogP contribution >= 0.6 is 15.6 Å². The third-order valence-corrected chi connectivity index (χ3v) is 18.4. The van der Waals surface area contributed by atoms with Crippen LogP contribution in [0.15, 0.2) is 0 Å². The number of rotatable bonds is 70.